The zero-order chi connectivity index (χ0) is 26.3. The summed E-state index contributed by atoms with van der Waals surface area (Å²) in [4.78, 5) is 28.1. The van der Waals surface area contributed by atoms with Crippen LogP contribution in [0.15, 0.2) is 42.5 Å². The van der Waals surface area contributed by atoms with Crippen molar-refractivity contribution in [1.82, 2.24) is 10.2 Å². The average Bonchev–Trinajstić information content (AvgIpc) is 2.79. The van der Waals surface area contributed by atoms with Crippen LogP contribution < -0.4 is 9.62 Å². The zero-order valence-electron chi connectivity index (χ0n) is 20.7. The van der Waals surface area contributed by atoms with E-state index >= 15 is 0 Å². The van der Waals surface area contributed by atoms with E-state index < -0.39 is 34.3 Å². The first-order valence-corrected chi connectivity index (χ1v) is 13.7. The normalized spacial score (nSPS) is 13.1. The van der Waals surface area contributed by atoms with Gasteiger partial charge in [0.15, 0.2) is 0 Å². The highest BCUT2D eigenvalue weighted by Crippen LogP contribution is 2.28. The number of carbonyl (C=O) groups excluding carboxylic acids is 2. The Bertz CT molecular complexity index is 1140. The Labute approximate surface area is 212 Å². The van der Waals surface area contributed by atoms with Crippen molar-refractivity contribution in [2.75, 3.05) is 17.1 Å². The minimum Gasteiger partial charge on any atom is -0.352 e. The molecule has 0 fully saturated rings. The lowest BCUT2D eigenvalue weighted by Gasteiger charge is -2.33. The molecule has 0 aliphatic rings. The van der Waals surface area contributed by atoms with Crippen molar-refractivity contribution < 1.29 is 22.4 Å². The van der Waals surface area contributed by atoms with E-state index in [2.05, 4.69) is 5.32 Å². The largest absolute Gasteiger partial charge is 0.352 e. The standard InChI is InChI=1S/C25H33ClFN3O4S/c1-6-17(3)28-25(32)22(7-2)29(15-19-11-13-20(27)14-12-19)24(31)16-30(35(5,33)34)23-10-8-9-21(26)18(23)4/h8-14,17,22H,6-7,15-16H2,1-5H3,(H,28,32)/t17-,22+/m1/s1. The predicted octanol–water partition coefficient (Wildman–Crippen LogP) is 4.28. The molecule has 2 rings (SSSR count). The van der Waals surface area contributed by atoms with Gasteiger partial charge in [0.1, 0.15) is 18.4 Å². The van der Waals surface area contributed by atoms with Crippen LogP contribution in [-0.2, 0) is 26.2 Å². The Hall–Kier alpha value is -2.65. The van der Waals surface area contributed by atoms with Crippen molar-refractivity contribution in [3.8, 4) is 0 Å². The molecule has 2 amide bonds. The molecule has 2 aromatic carbocycles. The second kappa shape index (κ2) is 12.4. The SMILES string of the molecule is CC[C@@H](C)NC(=O)[C@H](CC)N(Cc1ccc(F)cc1)C(=O)CN(c1cccc(Cl)c1C)S(C)(=O)=O. The molecule has 0 spiro atoms. The van der Waals surface area contributed by atoms with Crippen LogP contribution in [0.1, 0.15) is 44.7 Å². The summed E-state index contributed by atoms with van der Waals surface area (Å²) >= 11 is 6.20. The molecule has 0 unspecified atom stereocenters. The first kappa shape index (κ1) is 28.6. The van der Waals surface area contributed by atoms with Crippen molar-refractivity contribution in [3.05, 3.63) is 64.4 Å². The molecule has 0 bridgehead atoms. The molecule has 0 aromatic heterocycles. The van der Waals surface area contributed by atoms with E-state index in [1.165, 1.54) is 29.2 Å². The number of nitrogens with zero attached hydrogens (tertiary/aromatic N) is 2. The first-order chi connectivity index (χ1) is 16.4. The summed E-state index contributed by atoms with van der Waals surface area (Å²) in [6.07, 6.45) is 2.03. The second-order valence-electron chi connectivity index (χ2n) is 8.54. The number of amides is 2. The summed E-state index contributed by atoms with van der Waals surface area (Å²) < 4.78 is 39.8. The van der Waals surface area contributed by atoms with E-state index in [4.69, 9.17) is 11.6 Å². The molecule has 0 radical (unpaired) electrons. The van der Waals surface area contributed by atoms with E-state index in [1.54, 1.807) is 32.0 Å². The third-order valence-electron chi connectivity index (χ3n) is 5.84. The summed E-state index contributed by atoms with van der Waals surface area (Å²) in [6, 6.07) is 9.49. The smallest absolute Gasteiger partial charge is 0.244 e. The molecule has 0 saturated carbocycles. The third kappa shape index (κ3) is 7.67. The molecule has 192 valence electrons. The van der Waals surface area contributed by atoms with Gasteiger partial charge in [-0.3, -0.25) is 13.9 Å². The Balaban J connectivity index is 2.47. The Morgan fingerprint density at radius 1 is 1.09 bits per heavy atom. The number of hydrogen-bond acceptors (Lipinski definition) is 4. The Kier molecular flexibility index (Phi) is 10.1. The van der Waals surface area contributed by atoms with Crippen LogP contribution in [0.3, 0.4) is 0 Å². The maximum atomic E-state index is 13.6. The maximum absolute atomic E-state index is 13.6. The number of nitrogens with one attached hydrogen (secondary N) is 1. The molecule has 1 N–H and O–H groups in total. The highest BCUT2D eigenvalue weighted by atomic mass is 35.5. The number of carbonyl (C=O) groups is 2. The molecule has 0 aliphatic carbocycles. The van der Waals surface area contributed by atoms with Crippen LogP contribution in [0.4, 0.5) is 10.1 Å². The van der Waals surface area contributed by atoms with Crippen molar-refractivity contribution in [1.29, 1.82) is 0 Å². The molecular formula is C25H33ClFN3O4S. The van der Waals surface area contributed by atoms with Crippen molar-refractivity contribution in [2.45, 2.75) is 59.2 Å². The lowest BCUT2D eigenvalue weighted by atomic mass is 10.1. The molecule has 0 aliphatic heterocycles. The molecule has 10 heteroatoms. The van der Waals surface area contributed by atoms with E-state index in [9.17, 15) is 22.4 Å². The minimum atomic E-state index is -3.86. The third-order valence-corrected chi connectivity index (χ3v) is 7.38. The van der Waals surface area contributed by atoms with Crippen LogP contribution in [-0.4, -0.2) is 50.0 Å². The van der Waals surface area contributed by atoms with Gasteiger partial charge in [0.05, 0.1) is 11.9 Å². The molecule has 0 saturated heterocycles. The van der Waals surface area contributed by atoms with E-state index in [-0.39, 0.29) is 24.2 Å². The zero-order valence-corrected chi connectivity index (χ0v) is 22.3. The number of halogens is 2. The Morgan fingerprint density at radius 3 is 2.26 bits per heavy atom. The quantitative estimate of drug-likeness (QED) is 0.474. The van der Waals surface area contributed by atoms with Gasteiger partial charge in [-0.15, -0.1) is 0 Å². The van der Waals surface area contributed by atoms with E-state index in [0.717, 1.165) is 10.6 Å². The van der Waals surface area contributed by atoms with Gasteiger partial charge in [0.25, 0.3) is 0 Å². The average molecular weight is 526 g/mol. The van der Waals surface area contributed by atoms with Gasteiger partial charge in [-0.25, -0.2) is 12.8 Å². The summed E-state index contributed by atoms with van der Waals surface area (Å²) in [5, 5.41) is 3.27. The van der Waals surface area contributed by atoms with Gasteiger partial charge in [-0.1, -0.05) is 43.6 Å². The van der Waals surface area contributed by atoms with Gasteiger partial charge in [0, 0.05) is 17.6 Å². The Morgan fingerprint density at radius 2 is 1.71 bits per heavy atom. The lowest BCUT2D eigenvalue weighted by Crippen LogP contribution is -2.53. The van der Waals surface area contributed by atoms with Gasteiger partial charge >= 0.3 is 0 Å². The molecule has 35 heavy (non-hydrogen) atoms. The number of benzene rings is 2. The first-order valence-electron chi connectivity index (χ1n) is 11.5. The molecule has 7 nitrogen and oxygen atoms in total. The van der Waals surface area contributed by atoms with E-state index in [1.807, 2.05) is 13.8 Å². The van der Waals surface area contributed by atoms with Gasteiger partial charge in [-0.2, -0.15) is 0 Å². The molecule has 2 atom stereocenters. The fourth-order valence-electron chi connectivity index (χ4n) is 3.61. The van der Waals surface area contributed by atoms with Crippen LogP contribution in [0.2, 0.25) is 5.02 Å². The monoisotopic (exact) mass is 525 g/mol. The van der Waals surface area contributed by atoms with Crippen molar-refractivity contribution >= 4 is 39.1 Å². The van der Waals surface area contributed by atoms with Gasteiger partial charge in [-0.05, 0) is 62.1 Å². The van der Waals surface area contributed by atoms with Crippen LogP contribution in [0.5, 0.6) is 0 Å². The van der Waals surface area contributed by atoms with Crippen LogP contribution in [0.25, 0.3) is 0 Å². The van der Waals surface area contributed by atoms with Crippen LogP contribution >= 0.6 is 11.6 Å². The summed E-state index contributed by atoms with van der Waals surface area (Å²) in [6.45, 7) is 6.74. The number of sulfonamides is 1. The number of anilines is 1. The second-order valence-corrected chi connectivity index (χ2v) is 10.9. The van der Waals surface area contributed by atoms with Gasteiger partial charge in [0.2, 0.25) is 21.8 Å². The number of rotatable bonds is 11. The molecule has 0 heterocycles. The maximum Gasteiger partial charge on any atom is 0.244 e. The van der Waals surface area contributed by atoms with E-state index in [0.29, 0.717) is 29.0 Å². The molecular weight excluding hydrogens is 493 g/mol. The van der Waals surface area contributed by atoms with Crippen LogP contribution in [0, 0.1) is 12.7 Å². The highest BCUT2D eigenvalue weighted by Gasteiger charge is 2.32. The fraction of sp³-hybridized carbons (Fsp3) is 0.440. The van der Waals surface area contributed by atoms with Gasteiger partial charge < -0.3 is 10.2 Å². The fourth-order valence-corrected chi connectivity index (χ4v) is 4.68. The predicted molar refractivity (Wildman–Crippen MR) is 137 cm³/mol. The highest BCUT2D eigenvalue weighted by molar-refractivity contribution is 7.92. The van der Waals surface area contributed by atoms with Crippen molar-refractivity contribution in [2.24, 2.45) is 0 Å². The lowest BCUT2D eigenvalue weighted by molar-refractivity contribution is -0.140. The summed E-state index contributed by atoms with van der Waals surface area (Å²) in [5.41, 5.74) is 1.41. The minimum absolute atomic E-state index is 0.0116. The number of hydrogen-bond donors (Lipinski definition) is 1. The summed E-state index contributed by atoms with van der Waals surface area (Å²) in [5.74, 6) is -1.32. The van der Waals surface area contributed by atoms with Crippen molar-refractivity contribution in [3.63, 3.8) is 0 Å². The topological polar surface area (TPSA) is 86.8 Å². The summed E-state index contributed by atoms with van der Waals surface area (Å²) in [7, 11) is -3.86. The molecule has 2 aromatic rings.